The Balaban J connectivity index is 1.50. The van der Waals surface area contributed by atoms with Crippen LogP contribution in [-0.2, 0) is 40.0 Å². The number of aliphatic hydroxyl groups excluding tert-OH is 1. The number of nitrogens with one attached hydrogen (secondary N) is 4. The summed E-state index contributed by atoms with van der Waals surface area (Å²) in [6.07, 6.45) is 2.51. The van der Waals surface area contributed by atoms with Gasteiger partial charge in [0, 0.05) is 56.4 Å². The van der Waals surface area contributed by atoms with Crippen LogP contribution in [0.25, 0.3) is 0 Å². The van der Waals surface area contributed by atoms with Crippen LogP contribution in [0.15, 0.2) is 30.3 Å². The number of nitrogens with two attached hydrogens (primary N) is 1. The summed E-state index contributed by atoms with van der Waals surface area (Å²) in [5, 5.41) is 20.1. The van der Waals surface area contributed by atoms with Crippen molar-refractivity contribution in [3.8, 4) is 0 Å². The highest BCUT2D eigenvalue weighted by Crippen LogP contribution is 2.27. The second-order valence-corrected chi connectivity index (χ2v) is 15.5. The van der Waals surface area contributed by atoms with Crippen molar-refractivity contribution in [3.63, 3.8) is 0 Å². The van der Waals surface area contributed by atoms with Gasteiger partial charge >= 0.3 is 0 Å². The number of aliphatic hydroxyl groups is 1. The van der Waals surface area contributed by atoms with Crippen LogP contribution in [0.4, 0.5) is 0 Å². The predicted octanol–water partition coefficient (Wildman–Crippen LogP) is -0.151. The Morgan fingerprint density at radius 3 is 2.24 bits per heavy atom. The lowest BCUT2D eigenvalue weighted by atomic mass is 10.0. The topological polar surface area (TPSA) is 220 Å². The molecule has 3 rings (SSSR count). The normalized spacial score (nSPS) is 19.4. The van der Waals surface area contributed by atoms with Gasteiger partial charge in [0.2, 0.25) is 41.9 Å². The minimum atomic E-state index is -1.35. The molecule has 0 aromatic heterocycles. The summed E-state index contributed by atoms with van der Waals surface area (Å²) < 4.78 is 0. The molecule has 282 valence electrons. The van der Waals surface area contributed by atoms with Gasteiger partial charge in [-0.3, -0.25) is 33.6 Å². The molecule has 51 heavy (non-hydrogen) atoms. The van der Waals surface area contributed by atoms with E-state index in [0.29, 0.717) is 30.9 Å². The van der Waals surface area contributed by atoms with Crippen LogP contribution < -0.4 is 27.0 Å². The summed E-state index contributed by atoms with van der Waals surface area (Å²) in [5.41, 5.74) is 6.05. The summed E-state index contributed by atoms with van der Waals surface area (Å²) in [7, 11) is 3.00. The van der Waals surface area contributed by atoms with E-state index in [-0.39, 0.29) is 56.1 Å². The number of likely N-dealkylation sites (tertiary alicyclic amines) is 2. The number of rotatable bonds is 21. The Kier molecular flexibility index (Phi) is 17.5. The monoisotopic (exact) mass is 749 g/mol. The minimum absolute atomic E-state index is 0.0229. The molecule has 0 saturated carbocycles. The van der Waals surface area contributed by atoms with Gasteiger partial charge in [-0.25, -0.2) is 0 Å². The third-order valence-corrected chi connectivity index (χ3v) is 11.3. The van der Waals surface area contributed by atoms with Crippen molar-refractivity contribution in [2.45, 2.75) is 102 Å². The quantitative estimate of drug-likeness (QED) is 0.0555. The van der Waals surface area contributed by atoms with E-state index < -0.39 is 47.9 Å². The van der Waals surface area contributed by atoms with Crippen LogP contribution in [0.2, 0.25) is 0 Å². The SMILES string of the molecule is CC(O)C(NC=O)C(=O)NC(CCC(N)=O)C(=O)NC(Cc1ccccc1)C(=O)NCCSSCCC(=O)N1CCCC1C(=O)N1CCCC1C. The number of nitrogens with zero attached hydrogens (tertiary/aromatic N) is 2. The fourth-order valence-corrected chi connectivity index (χ4v) is 8.05. The minimum Gasteiger partial charge on any atom is -0.391 e. The molecular formula is C34H51N7O8S2. The molecule has 7 N–H and O–H groups in total. The van der Waals surface area contributed by atoms with Crippen molar-refractivity contribution in [1.29, 1.82) is 0 Å². The maximum Gasteiger partial charge on any atom is 0.245 e. The molecule has 2 aliphatic heterocycles. The molecule has 17 heteroatoms. The zero-order valence-electron chi connectivity index (χ0n) is 29.2. The molecule has 6 unspecified atom stereocenters. The lowest BCUT2D eigenvalue weighted by Gasteiger charge is -2.30. The van der Waals surface area contributed by atoms with E-state index in [2.05, 4.69) is 28.2 Å². The van der Waals surface area contributed by atoms with Gasteiger partial charge < -0.3 is 41.9 Å². The summed E-state index contributed by atoms with van der Waals surface area (Å²) in [6.45, 7) is 4.97. The van der Waals surface area contributed by atoms with Crippen molar-refractivity contribution in [1.82, 2.24) is 31.1 Å². The van der Waals surface area contributed by atoms with Crippen LogP contribution in [0.3, 0.4) is 0 Å². The van der Waals surface area contributed by atoms with Gasteiger partial charge in [-0.15, -0.1) is 0 Å². The third-order valence-electron chi connectivity index (χ3n) is 8.90. The molecule has 2 heterocycles. The maximum absolute atomic E-state index is 13.4. The first-order chi connectivity index (χ1) is 24.4. The van der Waals surface area contributed by atoms with E-state index in [1.54, 1.807) is 29.2 Å². The summed E-state index contributed by atoms with van der Waals surface area (Å²) in [4.78, 5) is 91.7. The van der Waals surface area contributed by atoms with E-state index in [1.165, 1.54) is 28.5 Å². The van der Waals surface area contributed by atoms with Gasteiger partial charge in [0.05, 0.1) is 6.10 Å². The molecule has 15 nitrogen and oxygen atoms in total. The van der Waals surface area contributed by atoms with Gasteiger partial charge in [-0.05, 0) is 51.5 Å². The van der Waals surface area contributed by atoms with E-state index in [0.717, 1.165) is 31.4 Å². The zero-order chi connectivity index (χ0) is 37.3. The van der Waals surface area contributed by atoms with E-state index in [1.807, 2.05) is 11.0 Å². The summed E-state index contributed by atoms with van der Waals surface area (Å²) in [5.74, 6) is -1.65. The third kappa shape index (κ3) is 13.3. The molecule has 0 bridgehead atoms. The largest absolute Gasteiger partial charge is 0.391 e. The van der Waals surface area contributed by atoms with Crippen molar-refractivity contribution in [2.75, 3.05) is 31.1 Å². The van der Waals surface area contributed by atoms with Gasteiger partial charge in [0.15, 0.2) is 0 Å². The highest BCUT2D eigenvalue weighted by atomic mass is 33.1. The first kappa shape index (κ1) is 41.6. The first-order valence-corrected chi connectivity index (χ1v) is 19.8. The number of carbonyl (C=O) groups is 7. The standard InChI is InChI=1S/C34H51N7O8S2/c1-22-8-6-16-40(22)34(49)27-11-7-17-41(27)29(45)14-18-50-51-19-15-36-31(46)26(20-24-9-4-3-5-10-24)39-32(47)25(12-13-28(35)44)38-33(48)30(23(2)43)37-21-42/h3-5,9-10,21-23,25-27,30,43H,6-8,11-20H2,1-2H3,(H2,35,44)(H,36,46)(H,37,42)(H,38,48)(H,39,47). The fourth-order valence-electron chi connectivity index (χ4n) is 6.16. The highest BCUT2D eigenvalue weighted by Gasteiger charge is 2.38. The molecular weight excluding hydrogens is 699 g/mol. The number of hydrogen-bond donors (Lipinski definition) is 6. The Bertz CT molecular complexity index is 1350. The van der Waals surface area contributed by atoms with Gasteiger partial charge in [0.25, 0.3) is 0 Å². The number of amides is 7. The van der Waals surface area contributed by atoms with Crippen molar-refractivity contribution < 1.29 is 38.7 Å². The molecule has 0 radical (unpaired) electrons. The second-order valence-electron chi connectivity index (χ2n) is 12.8. The van der Waals surface area contributed by atoms with Crippen molar-refractivity contribution in [2.24, 2.45) is 5.73 Å². The number of hydrogen-bond acceptors (Lipinski definition) is 10. The first-order valence-electron chi connectivity index (χ1n) is 17.4. The van der Waals surface area contributed by atoms with Crippen LogP contribution in [0.1, 0.15) is 64.4 Å². The van der Waals surface area contributed by atoms with E-state index in [4.69, 9.17) is 5.73 Å². The van der Waals surface area contributed by atoms with Gasteiger partial charge in [0.1, 0.15) is 24.2 Å². The summed E-state index contributed by atoms with van der Waals surface area (Å²) in [6, 6.07) is 5.18. The van der Waals surface area contributed by atoms with Crippen molar-refractivity contribution >= 4 is 63.4 Å². The fraction of sp³-hybridized carbons (Fsp3) is 0.618. The lowest BCUT2D eigenvalue weighted by Crippen LogP contribution is -2.58. The van der Waals surface area contributed by atoms with E-state index in [9.17, 15) is 38.7 Å². The molecule has 0 aliphatic carbocycles. The Morgan fingerprint density at radius 2 is 1.59 bits per heavy atom. The highest BCUT2D eigenvalue weighted by molar-refractivity contribution is 8.76. The average Bonchev–Trinajstić information content (AvgIpc) is 3.77. The van der Waals surface area contributed by atoms with Crippen molar-refractivity contribution in [3.05, 3.63) is 35.9 Å². The van der Waals surface area contributed by atoms with Crippen LogP contribution >= 0.6 is 21.6 Å². The number of primary amides is 1. The number of benzene rings is 1. The maximum atomic E-state index is 13.4. The Hall–Kier alpha value is -3.83. The second kappa shape index (κ2) is 21.5. The van der Waals surface area contributed by atoms with Crippen LogP contribution in [0, 0.1) is 0 Å². The number of carbonyl (C=O) groups excluding carboxylic acids is 7. The van der Waals surface area contributed by atoms with E-state index >= 15 is 0 Å². The van der Waals surface area contributed by atoms with Crippen LogP contribution in [-0.4, -0.2) is 124 Å². The van der Waals surface area contributed by atoms with Gasteiger partial charge in [-0.1, -0.05) is 51.9 Å². The zero-order valence-corrected chi connectivity index (χ0v) is 30.8. The molecule has 1 aromatic rings. The molecule has 2 saturated heterocycles. The smallest absolute Gasteiger partial charge is 0.245 e. The lowest BCUT2D eigenvalue weighted by molar-refractivity contribution is -0.144. The Labute approximate surface area is 306 Å². The molecule has 1 aromatic carbocycles. The average molecular weight is 750 g/mol. The molecule has 6 atom stereocenters. The summed E-state index contributed by atoms with van der Waals surface area (Å²) >= 11 is 0. The molecule has 2 fully saturated rings. The predicted molar refractivity (Wildman–Crippen MR) is 195 cm³/mol. The van der Waals surface area contributed by atoms with Gasteiger partial charge in [-0.2, -0.15) is 0 Å². The molecule has 7 amide bonds. The molecule has 2 aliphatic rings. The molecule has 0 spiro atoms. The van der Waals surface area contributed by atoms with Crippen LogP contribution in [0.5, 0.6) is 0 Å². The Morgan fingerprint density at radius 1 is 0.922 bits per heavy atom.